The van der Waals surface area contributed by atoms with E-state index >= 15 is 0 Å². The van der Waals surface area contributed by atoms with Crippen molar-refractivity contribution in [3.63, 3.8) is 0 Å². The molecule has 0 unspecified atom stereocenters. The van der Waals surface area contributed by atoms with Crippen LogP contribution in [0.2, 0.25) is 0 Å². The summed E-state index contributed by atoms with van der Waals surface area (Å²) < 4.78 is 0. The van der Waals surface area contributed by atoms with Gasteiger partial charge in [-0.3, -0.25) is 0 Å². The van der Waals surface area contributed by atoms with E-state index in [9.17, 15) is 0 Å². The van der Waals surface area contributed by atoms with Gasteiger partial charge in [0.15, 0.2) is 0 Å². The molecule has 0 aromatic heterocycles. The van der Waals surface area contributed by atoms with Crippen LogP contribution in [0.5, 0.6) is 0 Å². The molecule has 0 aromatic carbocycles. The predicted molar refractivity (Wildman–Crippen MR) is 45.7 cm³/mol. The molecule has 0 spiro atoms. The van der Waals surface area contributed by atoms with Gasteiger partial charge in [0.2, 0.25) is 0 Å². The fraction of sp³-hybridized carbons (Fsp3) is 0. The van der Waals surface area contributed by atoms with Gasteiger partial charge in [-0.1, -0.05) is 0 Å². The summed E-state index contributed by atoms with van der Waals surface area (Å²) in [5.74, 6) is 0. The average molecular weight is 444 g/mol. The van der Waals surface area contributed by atoms with E-state index in [1.165, 1.54) is 0 Å². The van der Waals surface area contributed by atoms with Crippen molar-refractivity contribution in [2.75, 3.05) is 0 Å². The third-order valence-corrected chi connectivity index (χ3v) is 0. The summed E-state index contributed by atoms with van der Waals surface area (Å²) in [6.07, 6.45) is 0. The van der Waals surface area contributed by atoms with Crippen molar-refractivity contribution >= 4 is 54.4 Å². The number of halogens is 3. The molecular formula is H2I3OSc. The first kappa shape index (κ1) is 10.9. The van der Waals surface area contributed by atoms with Crippen LogP contribution in [0.25, 0.3) is 0 Å². The summed E-state index contributed by atoms with van der Waals surface area (Å²) in [7, 11) is -0.569. The Bertz CT molecular complexity index is 11.6. The number of hydrogen-bond acceptors (Lipinski definition) is 0. The second-order valence-electron chi connectivity index (χ2n) is 0.247. The number of hydrogen-bond donors (Lipinski definition) is 0. The Hall–Kier alpha value is 3.02. The fourth-order valence-corrected chi connectivity index (χ4v) is 0. The van der Waals surface area contributed by atoms with Crippen molar-refractivity contribution < 1.29 is 14.4 Å². The topological polar surface area (TPSA) is 31.5 Å². The van der Waals surface area contributed by atoms with Crippen molar-refractivity contribution in [2.45, 2.75) is 0 Å². The van der Waals surface area contributed by atoms with Gasteiger partial charge in [0.05, 0.1) is 0 Å². The van der Waals surface area contributed by atoms with E-state index in [0.29, 0.717) is 0 Å². The molecule has 0 rings (SSSR count). The third-order valence-electron chi connectivity index (χ3n) is 0. The van der Waals surface area contributed by atoms with Crippen LogP contribution in [0.4, 0.5) is 0 Å². The molecule has 5 heavy (non-hydrogen) atoms. The van der Waals surface area contributed by atoms with E-state index in [1.54, 1.807) is 0 Å². The Morgan fingerprint density at radius 3 is 1.00 bits per heavy atom. The Kier molecular flexibility index (Phi) is 15.3. The predicted octanol–water partition coefficient (Wildman–Crippen LogP) is 1.83. The van der Waals surface area contributed by atoms with Gasteiger partial charge < -0.3 is 5.48 Å². The van der Waals surface area contributed by atoms with Crippen LogP contribution in [-0.2, 0) is 8.97 Å². The Morgan fingerprint density at radius 1 is 1.00 bits per heavy atom. The van der Waals surface area contributed by atoms with Crippen molar-refractivity contribution in [2.24, 2.45) is 0 Å². The molecule has 0 atom stereocenters. The van der Waals surface area contributed by atoms with Crippen LogP contribution in [-0.4, -0.2) is 5.48 Å². The van der Waals surface area contributed by atoms with Crippen LogP contribution in [0.1, 0.15) is 0 Å². The van der Waals surface area contributed by atoms with Crippen LogP contribution in [0, 0.1) is 0 Å². The molecule has 0 fully saturated rings. The third kappa shape index (κ3) is 19.4. The molecule has 0 heterocycles. The van der Waals surface area contributed by atoms with E-state index in [2.05, 4.69) is 54.4 Å². The van der Waals surface area contributed by atoms with E-state index in [0.717, 1.165) is 0 Å². The van der Waals surface area contributed by atoms with Gasteiger partial charge in [0.25, 0.3) is 0 Å². The molecule has 0 aliphatic heterocycles. The van der Waals surface area contributed by atoms with Gasteiger partial charge in [0, 0.05) is 0 Å². The van der Waals surface area contributed by atoms with Crippen molar-refractivity contribution in [1.29, 1.82) is 0 Å². The van der Waals surface area contributed by atoms with Crippen molar-refractivity contribution in [3.05, 3.63) is 0 Å². The van der Waals surface area contributed by atoms with E-state index < -0.39 is 8.97 Å². The van der Waals surface area contributed by atoms with E-state index in [-0.39, 0.29) is 5.48 Å². The van der Waals surface area contributed by atoms with Crippen LogP contribution in [0.3, 0.4) is 0 Å². The molecular weight excluding hydrogens is 442 g/mol. The second kappa shape index (κ2) is 7.02. The minimum atomic E-state index is -0.569. The molecule has 0 aromatic rings. The second-order valence-corrected chi connectivity index (χ2v) is 45.9. The summed E-state index contributed by atoms with van der Waals surface area (Å²) in [4.78, 5) is 0. The van der Waals surface area contributed by atoms with Gasteiger partial charge in [-0.2, -0.15) is 0 Å². The maximum absolute atomic E-state index is 2.50. The first-order valence-corrected chi connectivity index (χ1v) is 18.1. The normalized spacial score (nSPS) is 5.40. The van der Waals surface area contributed by atoms with Crippen LogP contribution < -0.4 is 0 Å². The number of rotatable bonds is 0. The van der Waals surface area contributed by atoms with Crippen LogP contribution in [0.15, 0.2) is 0 Å². The Labute approximate surface area is 66.8 Å². The molecule has 5 heteroatoms. The first-order valence-electron chi connectivity index (χ1n) is 0.655. The van der Waals surface area contributed by atoms with Gasteiger partial charge in [-0.05, 0) is 0 Å². The zero-order chi connectivity index (χ0) is 3.58. The van der Waals surface area contributed by atoms with Gasteiger partial charge >= 0.3 is 63.4 Å². The molecule has 0 radical (unpaired) electrons. The summed E-state index contributed by atoms with van der Waals surface area (Å²) in [5.41, 5.74) is 0. The van der Waals surface area contributed by atoms with E-state index in [4.69, 9.17) is 0 Å². The first-order chi connectivity index (χ1) is 1.73. The Morgan fingerprint density at radius 2 is 1.00 bits per heavy atom. The van der Waals surface area contributed by atoms with Gasteiger partial charge in [0.1, 0.15) is 0 Å². The molecule has 0 bridgehead atoms. The minimum absolute atomic E-state index is 0. The monoisotopic (exact) mass is 444 g/mol. The summed E-state index contributed by atoms with van der Waals surface area (Å²) in [6, 6.07) is 0. The summed E-state index contributed by atoms with van der Waals surface area (Å²) in [5, 5.41) is 0. The zero-order valence-electron chi connectivity index (χ0n) is 2.21. The van der Waals surface area contributed by atoms with Crippen molar-refractivity contribution in [3.8, 4) is 0 Å². The molecule has 0 aliphatic rings. The summed E-state index contributed by atoms with van der Waals surface area (Å²) in [6.45, 7) is 0. The molecule has 0 saturated carbocycles. The quantitative estimate of drug-likeness (QED) is 0.512. The standard InChI is InChI=1S/3HI.H2O.Sc/h3*1H;1H2;/q;;;;+3/p-3. The van der Waals surface area contributed by atoms with Gasteiger partial charge in [-0.25, -0.2) is 0 Å². The molecule has 2 N–H and O–H groups in total. The van der Waals surface area contributed by atoms with Crippen LogP contribution >= 0.6 is 54.4 Å². The molecule has 0 amide bonds. The Balaban J connectivity index is 0. The molecule has 0 aliphatic carbocycles. The molecule has 0 saturated heterocycles. The van der Waals surface area contributed by atoms with E-state index in [1.807, 2.05) is 0 Å². The molecule has 1 nitrogen and oxygen atoms in total. The zero-order valence-corrected chi connectivity index (χ0v) is 10.5. The SMILES string of the molecule is O.[I][Sc]([I])[I]. The maximum atomic E-state index is 2.50. The van der Waals surface area contributed by atoms with Crippen molar-refractivity contribution in [1.82, 2.24) is 0 Å². The average Bonchev–Trinajstić information content (AvgIpc) is 0.811. The van der Waals surface area contributed by atoms with Gasteiger partial charge in [-0.15, -0.1) is 0 Å². The molecule has 32 valence electrons. The fourth-order valence-electron chi connectivity index (χ4n) is 0. The summed E-state index contributed by atoms with van der Waals surface area (Å²) >= 11 is 7.51.